The molecule has 0 spiro atoms. The Hall–Kier alpha value is -2.50. The van der Waals surface area contributed by atoms with Gasteiger partial charge in [-0.25, -0.2) is 4.98 Å². The smallest absolute Gasteiger partial charge is 0.225 e. The van der Waals surface area contributed by atoms with Gasteiger partial charge in [-0.1, -0.05) is 0 Å². The first-order chi connectivity index (χ1) is 12.2. The third-order valence-electron chi connectivity index (χ3n) is 4.79. The van der Waals surface area contributed by atoms with Gasteiger partial charge in [-0.2, -0.15) is 4.98 Å². The van der Waals surface area contributed by atoms with Crippen LogP contribution < -0.4 is 19.7 Å². The number of benzene rings is 1. The lowest BCUT2D eigenvalue weighted by atomic mass is 9.99. The van der Waals surface area contributed by atoms with E-state index in [-0.39, 0.29) is 0 Å². The topological polar surface area (TPSA) is 59.5 Å². The molecule has 0 saturated heterocycles. The third kappa shape index (κ3) is 3.34. The number of anilines is 2. The van der Waals surface area contributed by atoms with Crippen LogP contribution in [0.5, 0.6) is 11.5 Å². The van der Waals surface area contributed by atoms with Crippen molar-refractivity contribution in [3.8, 4) is 11.5 Å². The number of aryl methyl sites for hydroxylation is 1. The lowest BCUT2D eigenvalue weighted by molar-refractivity contribution is 0.353. The SMILES string of the molecule is COc1cc2c(cc1OC)CN(c1cc(C)nc(NC3CC3)n1)CC2. The predicted octanol–water partition coefficient (Wildman–Crippen LogP) is 2.94. The van der Waals surface area contributed by atoms with Crippen molar-refractivity contribution in [1.82, 2.24) is 9.97 Å². The largest absolute Gasteiger partial charge is 0.493 e. The van der Waals surface area contributed by atoms with Gasteiger partial charge in [0.1, 0.15) is 5.82 Å². The lowest BCUT2D eigenvalue weighted by Crippen LogP contribution is -2.31. The zero-order valence-corrected chi connectivity index (χ0v) is 15.0. The van der Waals surface area contributed by atoms with Gasteiger partial charge in [0.2, 0.25) is 5.95 Å². The molecule has 2 aromatic rings. The third-order valence-corrected chi connectivity index (χ3v) is 4.79. The summed E-state index contributed by atoms with van der Waals surface area (Å²) in [5.74, 6) is 3.30. The molecule has 25 heavy (non-hydrogen) atoms. The summed E-state index contributed by atoms with van der Waals surface area (Å²) in [7, 11) is 3.35. The average Bonchev–Trinajstić information content (AvgIpc) is 3.43. The van der Waals surface area contributed by atoms with E-state index in [2.05, 4.69) is 33.4 Å². The fourth-order valence-electron chi connectivity index (χ4n) is 3.27. The molecular weight excluding hydrogens is 316 g/mol. The highest BCUT2D eigenvalue weighted by Gasteiger charge is 2.24. The first kappa shape index (κ1) is 16.0. The molecule has 1 saturated carbocycles. The van der Waals surface area contributed by atoms with Gasteiger partial charge in [-0.15, -0.1) is 0 Å². The van der Waals surface area contributed by atoms with Gasteiger partial charge in [0, 0.05) is 30.9 Å². The number of rotatable bonds is 5. The molecule has 0 amide bonds. The fraction of sp³-hybridized carbons (Fsp3) is 0.474. The van der Waals surface area contributed by atoms with E-state index in [1.807, 2.05) is 6.92 Å². The number of ether oxygens (including phenoxy) is 2. The van der Waals surface area contributed by atoms with Crippen LogP contribution in [0.4, 0.5) is 11.8 Å². The summed E-state index contributed by atoms with van der Waals surface area (Å²) in [6.45, 7) is 3.77. The monoisotopic (exact) mass is 340 g/mol. The molecule has 0 radical (unpaired) electrons. The van der Waals surface area contributed by atoms with Gasteiger partial charge >= 0.3 is 0 Å². The molecule has 1 N–H and O–H groups in total. The van der Waals surface area contributed by atoms with Gasteiger partial charge < -0.3 is 19.7 Å². The summed E-state index contributed by atoms with van der Waals surface area (Å²) < 4.78 is 10.9. The molecule has 2 aliphatic rings. The molecule has 1 aromatic carbocycles. The van der Waals surface area contributed by atoms with E-state index in [4.69, 9.17) is 14.5 Å². The fourth-order valence-corrected chi connectivity index (χ4v) is 3.27. The van der Waals surface area contributed by atoms with Crippen molar-refractivity contribution in [3.05, 3.63) is 35.0 Å². The van der Waals surface area contributed by atoms with Crippen LogP contribution in [-0.4, -0.2) is 36.8 Å². The van der Waals surface area contributed by atoms with E-state index in [9.17, 15) is 0 Å². The summed E-state index contributed by atoms with van der Waals surface area (Å²) >= 11 is 0. The Morgan fingerprint density at radius 3 is 2.44 bits per heavy atom. The van der Waals surface area contributed by atoms with Crippen molar-refractivity contribution < 1.29 is 9.47 Å². The number of hydrogen-bond donors (Lipinski definition) is 1. The van der Waals surface area contributed by atoms with Crippen LogP contribution in [0.15, 0.2) is 18.2 Å². The zero-order valence-electron chi connectivity index (χ0n) is 15.0. The van der Waals surface area contributed by atoms with Crippen molar-refractivity contribution >= 4 is 11.8 Å². The Morgan fingerprint density at radius 2 is 1.76 bits per heavy atom. The molecular formula is C19H24N4O2. The summed E-state index contributed by atoms with van der Waals surface area (Å²) in [4.78, 5) is 11.6. The first-order valence-corrected chi connectivity index (χ1v) is 8.77. The minimum atomic E-state index is 0.549. The number of methoxy groups -OCH3 is 2. The van der Waals surface area contributed by atoms with Crippen LogP contribution in [0, 0.1) is 6.92 Å². The van der Waals surface area contributed by atoms with Crippen LogP contribution in [0.25, 0.3) is 0 Å². The first-order valence-electron chi connectivity index (χ1n) is 8.77. The Morgan fingerprint density at radius 1 is 1.04 bits per heavy atom. The number of hydrogen-bond acceptors (Lipinski definition) is 6. The molecule has 4 rings (SSSR count). The van der Waals surface area contributed by atoms with Gasteiger partial charge in [0.25, 0.3) is 0 Å². The molecule has 2 heterocycles. The Labute approximate surface area is 148 Å². The highest BCUT2D eigenvalue weighted by Crippen LogP contribution is 2.34. The van der Waals surface area contributed by atoms with E-state index in [0.29, 0.717) is 6.04 Å². The maximum absolute atomic E-state index is 5.45. The van der Waals surface area contributed by atoms with Gasteiger partial charge in [-0.3, -0.25) is 0 Å². The highest BCUT2D eigenvalue weighted by molar-refractivity contribution is 5.53. The molecule has 132 valence electrons. The summed E-state index contributed by atoms with van der Waals surface area (Å²) in [6, 6.07) is 6.78. The molecule has 1 aromatic heterocycles. The summed E-state index contributed by atoms with van der Waals surface area (Å²) in [6.07, 6.45) is 3.39. The number of fused-ring (bicyclic) bond motifs is 1. The number of nitrogens with one attached hydrogen (secondary N) is 1. The summed E-state index contributed by atoms with van der Waals surface area (Å²) in [5, 5.41) is 3.40. The predicted molar refractivity (Wildman–Crippen MR) is 97.7 cm³/mol. The van der Waals surface area contributed by atoms with Crippen molar-refractivity contribution in [2.24, 2.45) is 0 Å². The second kappa shape index (κ2) is 6.43. The van der Waals surface area contributed by atoms with Crippen LogP contribution in [0.2, 0.25) is 0 Å². The van der Waals surface area contributed by atoms with Crippen LogP contribution in [-0.2, 0) is 13.0 Å². The van der Waals surface area contributed by atoms with E-state index < -0.39 is 0 Å². The highest BCUT2D eigenvalue weighted by atomic mass is 16.5. The standard InChI is InChI=1S/C19H24N4O2/c1-12-8-18(22-19(20-12)21-15-4-5-15)23-7-6-13-9-16(24-2)17(25-3)10-14(13)11-23/h8-10,15H,4-7,11H2,1-3H3,(H,20,21,22). The molecule has 0 unspecified atom stereocenters. The van der Waals surface area contributed by atoms with Crippen molar-refractivity contribution in [3.63, 3.8) is 0 Å². The number of nitrogens with zero attached hydrogens (tertiary/aromatic N) is 3. The van der Waals surface area contributed by atoms with Crippen molar-refractivity contribution in [2.45, 2.75) is 38.8 Å². The van der Waals surface area contributed by atoms with Crippen LogP contribution in [0.1, 0.15) is 29.7 Å². The quantitative estimate of drug-likeness (QED) is 0.903. The normalized spacial score (nSPS) is 16.4. The van der Waals surface area contributed by atoms with Gasteiger partial charge in [0.15, 0.2) is 11.5 Å². The van der Waals surface area contributed by atoms with Gasteiger partial charge in [-0.05, 0) is 49.4 Å². The van der Waals surface area contributed by atoms with Crippen molar-refractivity contribution in [2.75, 3.05) is 31.0 Å². The van der Waals surface area contributed by atoms with E-state index in [1.165, 1.54) is 24.0 Å². The molecule has 1 fully saturated rings. The maximum Gasteiger partial charge on any atom is 0.225 e. The molecule has 1 aliphatic carbocycles. The second-order valence-corrected chi connectivity index (χ2v) is 6.76. The van der Waals surface area contributed by atoms with E-state index in [1.54, 1.807) is 14.2 Å². The van der Waals surface area contributed by atoms with Crippen molar-refractivity contribution in [1.29, 1.82) is 0 Å². The van der Waals surface area contributed by atoms with Crippen LogP contribution in [0.3, 0.4) is 0 Å². The van der Waals surface area contributed by atoms with E-state index >= 15 is 0 Å². The average molecular weight is 340 g/mol. The molecule has 0 atom stereocenters. The van der Waals surface area contributed by atoms with E-state index in [0.717, 1.165) is 48.5 Å². The Bertz CT molecular complexity index is 789. The summed E-state index contributed by atoms with van der Waals surface area (Å²) in [5.41, 5.74) is 3.57. The Kier molecular flexibility index (Phi) is 4.11. The Balaban J connectivity index is 1.60. The van der Waals surface area contributed by atoms with Gasteiger partial charge in [0.05, 0.1) is 14.2 Å². The molecule has 0 bridgehead atoms. The molecule has 6 heteroatoms. The lowest BCUT2D eigenvalue weighted by Gasteiger charge is -2.30. The van der Waals surface area contributed by atoms with Crippen LogP contribution >= 0.6 is 0 Å². The zero-order chi connectivity index (χ0) is 17.4. The minimum Gasteiger partial charge on any atom is -0.493 e. The molecule has 1 aliphatic heterocycles. The minimum absolute atomic E-state index is 0.549. The molecule has 6 nitrogen and oxygen atoms in total. The maximum atomic E-state index is 5.45. The number of aromatic nitrogens is 2. The second-order valence-electron chi connectivity index (χ2n) is 6.76.